The van der Waals surface area contributed by atoms with E-state index in [1.165, 1.54) is 39.9 Å². The Bertz CT molecular complexity index is 1570. The summed E-state index contributed by atoms with van der Waals surface area (Å²) in [6.07, 6.45) is -2.78. The van der Waals surface area contributed by atoms with Crippen molar-refractivity contribution in [3.63, 3.8) is 0 Å². The molecule has 2 N–H and O–H groups in total. The van der Waals surface area contributed by atoms with Crippen LogP contribution in [0.2, 0.25) is 0 Å². The van der Waals surface area contributed by atoms with E-state index in [4.69, 9.17) is 0 Å². The Balaban J connectivity index is 0.000000544. The van der Waals surface area contributed by atoms with Crippen LogP contribution in [0, 0.1) is 17.0 Å². The summed E-state index contributed by atoms with van der Waals surface area (Å²) in [6, 6.07) is 17.4. The lowest BCUT2D eigenvalue weighted by Gasteiger charge is -2.27. The highest BCUT2D eigenvalue weighted by Crippen LogP contribution is 2.30. The van der Waals surface area contributed by atoms with Crippen molar-refractivity contribution in [3.05, 3.63) is 112 Å². The largest absolute Gasteiger partial charge is 0.508 e. The van der Waals surface area contributed by atoms with Gasteiger partial charge in [-0.2, -0.15) is 18.3 Å². The number of likely N-dealkylation sites (N-methyl/N-ethyl adjacent to an activating group) is 1. The van der Waals surface area contributed by atoms with E-state index in [2.05, 4.69) is 10.4 Å². The monoisotopic (exact) mass is 627 g/mol. The van der Waals surface area contributed by atoms with Gasteiger partial charge >= 0.3 is 6.18 Å². The standard InChI is InChI=1S/C24H25F3N4O3.C6H5NO2.C2H6/c1-4-20(29-21(33)16-8-6-9-17(12-16)24(25,26)27)23(34)30(5-2)22-15(3)14-28-31(22)18-10-7-11-19(32)13-18;8-7(9)6-4-2-1-3-5-6;1-2/h6-14,20,32H,4-5H2,1-3H3,(H,29,33);1-5H;1-2H3. The van der Waals surface area contributed by atoms with E-state index in [0.29, 0.717) is 17.1 Å². The van der Waals surface area contributed by atoms with Gasteiger partial charge in [-0.15, -0.1) is 0 Å². The van der Waals surface area contributed by atoms with Crippen molar-refractivity contribution in [1.29, 1.82) is 0 Å². The lowest BCUT2D eigenvalue weighted by Crippen LogP contribution is -2.49. The molecule has 1 atom stereocenters. The SMILES string of the molecule is CC.CCC(NC(=O)c1cccc(C(F)(F)F)c1)C(=O)N(CC)c1c(C)cnn1-c1cccc(O)c1.O=[N+]([O-])c1ccccc1. The number of aromatic hydroxyl groups is 1. The number of nitrogens with one attached hydrogen (secondary N) is 1. The second-order valence-corrected chi connectivity index (χ2v) is 9.27. The van der Waals surface area contributed by atoms with Crippen LogP contribution >= 0.6 is 0 Å². The first-order chi connectivity index (χ1) is 21.4. The molecule has 0 saturated heterocycles. The van der Waals surface area contributed by atoms with Crippen LogP contribution in [0.25, 0.3) is 5.69 Å². The lowest BCUT2D eigenvalue weighted by atomic mass is 10.1. The summed E-state index contributed by atoms with van der Waals surface area (Å²) in [5.41, 5.74) is 0.232. The van der Waals surface area contributed by atoms with Crippen molar-refractivity contribution >= 4 is 23.3 Å². The van der Waals surface area contributed by atoms with Crippen molar-refractivity contribution in [2.24, 2.45) is 0 Å². The van der Waals surface area contributed by atoms with Crippen LogP contribution in [-0.4, -0.2) is 44.2 Å². The van der Waals surface area contributed by atoms with Gasteiger partial charge in [-0.3, -0.25) is 24.6 Å². The number of aryl methyl sites for hydroxylation is 1. The third-order valence-corrected chi connectivity index (χ3v) is 6.26. The summed E-state index contributed by atoms with van der Waals surface area (Å²) in [5.74, 6) is -0.716. The zero-order chi connectivity index (χ0) is 33.7. The van der Waals surface area contributed by atoms with Crippen LogP contribution in [-0.2, 0) is 11.0 Å². The molecule has 0 aliphatic rings. The number of aromatic nitrogens is 2. The van der Waals surface area contributed by atoms with Gasteiger partial charge in [0.2, 0.25) is 0 Å². The van der Waals surface area contributed by atoms with Gasteiger partial charge in [0.05, 0.1) is 22.4 Å². The maximum atomic E-state index is 13.4. The highest BCUT2D eigenvalue weighted by molar-refractivity contribution is 6.02. The number of para-hydroxylation sites is 1. The van der Waals surface area contributed by atoms with E-state index in [1.54, 1.807) is 57.3 Å². The Hall–Kier alpha value is -5.20. The normalized spacial score (nSPS) is 11.2. The number of nitro groups is 1. The fraction of sp³-hybridized carbons (Fsp3) is 0.281. The third kappa shape index (κ3) is 9.65. The van der Waals surface area contributed by atoms with Crippen molar-refractivity contribution in [3.8, 4) is 11.4 Å². The minimum atomic E-state index is -4.59. The molecular formula is C32H36F3N5O5. The molecule has 0 aliphatic carbocycles. The highest BCUT2D eigenvalue weighted by Gasteiger charge is 2.32. The quantitative estimate of drug-likeness (QED) is 0.159. The Kier molecular flexibility index (Phi) is 13.3. The molecule has 2 amide bonds. The molecule has 0 aliphatic heterocycles. The van der Waals surface area contributed by atoms with E-state index in [1.807, 2.05) is 13.8 Å². The number of benzene rings is 3. The maximum Gasteiger partial charge on any atom is 0.416 e. The first-order valence-corrected chi connectivity index (χ1v) is 14.2. The molecule has 1 aromatic heterocycles. The number of alkyl halides is 3. The molecule has 45 heavy (non-hydrogen) atoms. The molecule has 0 bridgehead atoms. The topological polar surface area (TPSA) is 131 Å². The first kappa shape index (κ1) is 36.0. The van der Waals surface area contributed by atoms with Crippen LogP contribution in [0.4, 0.5) is 24.7 Å². The van der Waals surface area contributed by atoms with E-state index in [0.717, 1.165) is 18.2 Å². The van der Waals surface area contributed by atoms with E-state index in [9.17, 15) is 38.0 Å². The number of anilines is 1. The molecule has 0 radical (unpaired) electrons. The zero-order valence-corrected chi connectivity index (χ0v) is 25.6. The van der Waals surface area contributed by atoms with Crippen molar-refractivity contribution in [1.82, 2.24) is 15.1 Å². The number of phenolic OH excluding ortho intramolecular Hbond substituents is 1. The number of hydrogen-bond acceptors (Lipinski definition) is 6. The predicted octanol–water partition coefficient (Wildman–Crippen LogP) is 7.09. The summed E-state index contributed by atoms with van der Waals surface area (Å²) in [4.78, 5) is 37.2. The van der Waals surface area contributed by atoms with Crippen LogP contribution in [0.3, 0.4) is 0 Å². The average Bonchev–Trinajstić information content (AvgIpc) is 3.42. The Morgan fingerprint density at radius 2 is 1.67 bits per heavy atom. The van der Waals surface area contributed by atoms with E-state index >= 15 is 0 Å². The van der Waals surface area contributed by atoms with Gasteiger partial charge in [0, 0.05) is 35.9 Å². The molecule has 0 fully saturated rings. The number of carbonyl (C=O) groups is 2. The molecule has 4 aromatic rings. The minimum Gasteiger partial charge on any atom is -0.508 e. The van der Waals surface area contributed by atoms with Gasteiger partial charge in [0.15, 0.2) is 0 Å². The van der Waals surface area contributed by atoms with Crippen molar-refractivity contribution in [2.45, 2.75) is 53.3 Å². The molecule has 0 saturated carbocycles. The third-order valence-electron chi connectivity index (χ3n) is 6.26. The number of carbonyl (C=O) groups excluding carboxylic acids is 2. The van der Waals surface area contributed by atoms with Gasteiger partial charge in [0.25, 0.3) is 17.5 Å². The smallest absolute Gasteiger partial charge is 0.416 e. The molecule has 0 spiro atoms. The Labute approximate surface area is 259 Å². The maximum absolute atomic E-state index is 13.4. The molecule has 13 heteroatoms. The van der Waals surface area contributed by atoms with Crippen LogP contribution in [0.15, 0.2) is 85.1 Å². The summed E-state index contributed by atoms with van der Waals surface area (Å²) < 4.78 is 40.6. The second-order valence-electron chi connectivity index (χ2n) is 9.27. The van der Waals surface area contributed by atoms with Crippen LogP contribution in [0.1, 0.15) is 55.6 Å². The van der Waals surface area contributed by atoms with E-state index in [-0.39, 0.29) is 30.0 Å². The molecule has 240 valence electrons. The molecule has 4 rings (SSSR count). The molecular weight excluding hydrogens is 591 g/mol. The van der Waals surface area contributed by atoms with Gasteiger partial charge < -0.3 is 10.4 Å². The molecule has 1 unspecified atom stereocenters. The summed E-state index contributed by atoms with van der Waals surface area (Å²) in [7, 11) is 0. The number of amides is 2. The van der Waals surface area contributed by atoms with Crippen LogP contribution in [0.5, 0.6) is 5.75 Å². The number of phenols is 1. The zero-order valence-electron chi connectivity index (χ0n) is 25.6. The lowest BCUT2D eigenvalue weighted by molar-refractivity contribution is -0.384. The average molecular weight is 628 g/mol. The van der Waals surface area contributed by atoms with Gasteiger partial charge in [-0.05, 0) is 50.6 Å². The molecule has 1 heterocycles. The second kappa shape index (κ2) is 16.6. The van der Waals surface area contributed by atoms with Crippen LogP contribution < -0.4 is 10.2 Å². The number of nitrogens with zero attached hydrogens (tertiary/aromatic N) is 4. The number of non-ortho nitro benzene ring substituents is 1. The minimum absolute atomic E-state index is 0.0331. The fourth-order valence-corrected chi connectivity index (χ4v) is 4.13. The predicted molar refractivity (Wildman–Crippen MR) is 165 cm³/mol. The summed E-state index contributed by atoms with van der Waals surface area (Å²) >= 11 is 0. The Morgan fingerprint density at radius 1 is 1.02 bits per heavy atom. The van der Waals surface area contributed by atoms with Gasteiger partial charge in [-0.25, -0.2) is 4.68 Å². The number of rotatable bonds is 8. The van der Waals surface area contributed by atoms with E-state index < -0.39 is 34.5 Å². The van der Waals surface area contributed by atoms with Crippen molar-refractivity contribution in [2.75, 3.05) is 11.4 Å². The summed E-state index contributed by atoms with van der Waals surface area (Å²) in [6.45, 7) is 9.49. The Morgan fingerprint density at radius 3 is 2.20 bits per heavy atom. The number of halogens is 3. The number of hydrogen-bond donors (Lipinski definition) is 2. The highest BCUT2D eigenvalue weighted by atomic mass is 19.4. The summed E-state index contributed by atoms with van der Waals surface area (Å²) in [5, 5.41) is 26.7. The molecule has 10 nitrogen and oxygen atoms in total. The fourth-order valence-electron chi connectivity index (χ4n) is 4.13. The first-order valence-electron chi connectivity index (χ1n) is 14.2. The van der Waals surface area contributed by atoms with Crippen molar-refractivity contribution < 1.29 is 32.8 Å². The van der Waals surface area contributed by atoms with Gasteiger partial charge in [0.1, 0.15) is 17.6 Å². The molecule has 3 aromatic carbocycles. The number of nitro benzene ring substituents is 1. The van der Waals surface area contributed by atoms with Gasteiger partial charge in [-0.1, -0.05) is 51.1 Å².